The van der Waals surface area contributed by atoms with Gasteiger partial charge < -0.3 is 4.24 Å². The largest absolute Gasteiger partial charge is 1.00 e. The molecule has 1 aromatic rings. The van der Waals surface area contributed by atoms with Crippen LogP contribution in [0.1, 0.15) is 13.0 Å². The minimum Gasteiger partial charge on any atom is -0.458 e. The first kappa shape index (κ1) is 16.8. The van der Waals surface area contributed by atoms with Crippen molar-refractivity contribution in [2.45, 2.75) is 19.2 Å². The van der Waals surface area contributed by atoms with E-state index in [1.807, 2.05) is 0 Å². The van der Waals surface area contributed by atoms with Gasteiger partial charge >= 0.3 is 29.6 Å². The van der Waals surface area contributed by atoms with E-state index in [0.29, 0.717) is 5.56 Å². The number of nitrogens with zero attached hydrogens (tertiary/aromatic N) is 1. The number of benzene rings is 1. The summed E-state index contributed by atoms with van der Waals surface area (Å²) < 4.78 is 25.0. The molecule has 0 saturated heterocycles. The fourth-order valence-corrected chi connectivity index (χ4v) is 1.91. The molecular formula is C8H11ClNNaO2S. The molecule has 0 radical (unpaired) electrons. The van der Waals surface area contributed by atoms with Crippen LogP contribution in [0.5, 0.6) is 0 Å². The molecule has 3 nitrogen and oxygen atoms in total. The van der Waals surface area contributed by atoms with Gasteiger partial charge in [-0.1, -0.05) is 25.6 Å². The Morgan fingerprint density at radius 3 is 2.21 bits per heavy atom. The van der Waals surface area contributed by atoms with Crippen LogP contribution in [0.4, 0.5) is 0 Å². The van der Waals surface area contributed by atoms with Crippen molar-refractivity contribution >= 4 is 21.8 Å². The predicted molar refractivity (Wildman–Crippen MR) is 54.3 cm³/mol. The molecule has 1 aromatic carbocycles. The van der Waals surface area contributed by atoms with Crippen molar-refractivity contribution < 1.29 is 38.0 Å². The predicted octanol–water partition coefficient (Wildman–Crippen LogP) is -0.149. The Hall–Kier alpha value is 0.420. The quantitative estimate of drug-likeness (QED) is 0.679. The fourth-order valence-electron chi connectivity index (χ4n) is 0.883. The van der Waals surface area contributed by atoms with Crippen molar-refractivity contribution in [1.82, 2.24) is 0 Å². The SMILES string of the molecule is C.Cc1ccccc1S(=O)(=O)[N-]Cl.[Na+]. The molecule has 0 bridgehead atoms. The third-order valence-corrected chi connectivity index (χ3v) is 3.20. The molecule has 6 heteroatoms. The minimum absolute atomic E-state index is 0. The molecule has 0 N–H and O–H groups in total. The number of sulfonamides is 1. The van der Waals surface area contributed by atoms with Crippen LogP contribution < -0.4 is 29.6 Å². The summed E-state index contributed by atoms with van der Waals surface area (Å²) in [5, 5.41) is 0. The van der Waals surface area contributed by atoms with Crippen molar-refractivity contribution in [2.24, 2.45) is 0 Å². The maximum Gasteiger partial charge on any atom is 1.00 e. The van der Waals surface area contributed by atoms with E-state index in [9.17, 15) is 8.42 Å². The maximum atomic E-state index is 11.1. The first-order valence-corrected chi connectivity index (χ1v) is 4.99. The summed E-state index contributed by atoms with van der Waals surface area (Å²) in [6.07, 6.45) is 0. The van der Waals surface area contributed by atoms with E-state index in [1.54, 1.807) is 25.1 Å². The van der Waals surface area contributed by atoms with Crippen molar-refractivity contribution in [3.8, 4) is 0 Å². The van der Waals surface area contributed by atoms with Crippen molar-refractivity contribution in [2.75, 3.05) is 0 Å². The summed E-state index contributed by atoms with van der Waals surface area (Å²) in [6.45, 7) is 1.69. The van der Waals surface area contributed by atoms with E-state index in [2.05, 4.69) is 4.24 Å². The van der Waals surface area contributed by atoms with Crippen LogP contribution in [0.25, 0.3) is 4.24 Å². The van der Waals surface area contributed by atoms with E-state index >= 15 is 0 Å². The van der Waals surface area contributed by atoms with Crippen molar-refractivity contribution in [1.29, 1.82) is 0 Å². The third-order valence-electron chi connectivity index (χ3n) is 1.46. The molecule has 0 aliphatic heterocycles. The Kier molecular flexibility index (Phi) is 8.20. The van der Waals surface area contributed by atoms with Crippen LogP contribution in [0.3, 0.4) is 0 Å². The second-order valence-electron chi connectivity index (χ2n) is 2.31. The number of hydrogen-bond acceptors (Lipinski definition) is 2. The second kappa shape index (κ2) is 6.82. The molecule has 0 saturated carbocycles. The smallest absolute Gasteiger partial charge is 0.458 e. The average Bonchev–Trinajstić information content (AvgIpc) is 2.05. The Morgan fingerprint density at radius 1 is 1.29 bits per heavy atom. The zero-order chi connectivity index (χ0) is 9.19. The summed E-state index contributed by atoms with van der Waals surface area (Å²) in [5.74, 6) is 0. The average molecular weight is 244 g/mol. The van der Waals surface area contributed by atoms with E-state index < -0.39 is 10.0 Å². The van der Waals surface area contributed by atoms with Crippen LogP contribution in [-0.2, 0) is 10.0 Å². The zero-order valence-corrected chi connectivity index (χ0v) is 10.9. The van der Waals surface area contributed by atoms with Crippen LogP contribution in [0, 0.1) is 6.92 Å². The standard InChI is InChI=1S/C7H7ClNO2S.CH4.Na/c1-6-4-2-3-5-7(6)12(10,11)9-8;;/h2-5H,1H3;1H4;/q-1;;+1. The van der Waals surface area contributed by atoms with E-state index in [4.69, 9.17) is 11.8 Å². The van der Waals surface area contributed by atoms with Crippen LogP contribution >= 0.6 is 11.8 Å². The molecule has 1 rings (SSSR count). The van der Waals surface area contributed by atoms with Gasteiger partial charge in [-0.25, -0.2) is 8.42 Å². The fraction of sp³-hybridized carbons (Fsp3) is 0.250. The molecule has 0 aromatic heterocycles. The summed E-state index contributed by atoms with van der Waals surface area (Å²) in [4.78, 5) is 0.153. The third kappa shape index (κ3) is 3.88. The van der Waals surface area contributed by atoms with Gasteiger partial charge in [-0.3, -0.25) is 11.8 Å². The van der Waals surface area contributed by atoms with Gasteiger partial charge in [-0.15, -0.1) is 0 Å². The van der Waals surface area contributed by atoms with Gasteiger partial charge in [0.15, 0.2) is 0 Å². The maximum absolute atomic E-state index is 11.1. The van der Waals surface area contributed by atoms with Gasteiger partial charge in [0.2, 0.25) is 0 Å². The molecule has 0 aliphatic carbocycles. The molecule has 74 valence electrons. The number of hydrogen-bond donors (Lipinski definition) is 0. The molecule has 0 amide bonds. The van der Waals surface area contributed by atoms with Crippen LogP contribution in [0.2, 0.25) is 0 Å². The molecule has 14 heavy (non-hydrogen) atoms. The van der Waals surface area contributed by atoms with E-state index in [0.717, 1.165) is 0 Å². The van der Waals surface area contributed by atoms with Gasteiger partial charge in [-0.05, 0) is 18.6 Å². The van der Waals surface area contributed by atoms with Gasteiger partial charge in [0.25, 0.3) is 0 Å². The monoisotopic (exact) mass is 243 g/mol. The van der Waals surface area contributed by atoms with E-state index in [-0.39, 0.29) is 41.9 Å². The van der Waals surface area contributed by atoms with Crippen molar-refractivity contribution in [3.05, 3.63) is 34.1 Å². The van der Waals surface area contributed by atoms with E-state index in [1.165, 1.54) is 6.07 Å². The number of rotatable bonds is 2. The summed E-state index contributed by atoms with van der Waals surface area (Å²) in [5.41, 5.74) is 0.641. The molecule has 0 unspecified atom stereocenters. The topological polar surface area (TPSA) is 48.2 Å². The summed E-state index contributed by atoms with van der Waals surface area (Å²) >= 11 is 4.94. The Labute approximate surface area is 112 Å². The van der Waals surface area contributed by atoms with Gasteiger partial charge in [-0.2, -0.15) is 0 Å². The molecule has 0 heterocycles. The first-order chi connectivity index (χ1) is 5.58. The second-order valence-corrected chi connectivity index (χ2v) is 4.25. The molecule has 0 aliphatic rings. The Balaban J connectivity index is 0. The van der Waals surface area contributed by atoms with Gasteiger partial charge in [0.05, 0.1) is 4.90 Å². The first-order valence-electron chi connectivity index (χ1n) is 3.22. The Bertz CT molecular complexity index is 381. The molecule has 0 spiro atoms. The summed E-state index contributed by atoms with van der Waals surface area (Å²) in [6, 6.07) is 6.54. The summed E-state index contributed by atoms with van der Waals surface area (Å²) in [7, 11) is -3.64. The normalized spacial score (nSPS) is 9.86. The minimum atomic E-state index is -3.64. The number of halogens is 1. The van der Waals surface area contributed by atoms with Crippen molar-refractivity contribution in [3.63, 3.8) is 0 Å². The zero-order valence-electron chi connectivity index (χ0n) is 7.36. The molecule has 0 atom stereocenters. The van der Waals surface area contributed by atoms with Gasteiger partial charge in [0, 0.05) is 0 Å². The van der Waals surface area contributed by atoms with Crippen LogP contribution in [-0.4, -0.2) is 8.42 Å². The molecular weight excluding hydrogens is 233 g/mol. The molecule has 0 fully saturated rings. The van der Waals surface area contributed by atoms with Gasteiger partial charge in [0.1, 0.15) is 10.0 Å². The van der Waals surface area contributed by atoms with Crippen LogP contribution in [0.15, 0.2) is 29.2 Å². The Morgan fingerprint density at radius 2 is 1.79 bits per heavy atom. The number of aryl methyl sites for hydroxylation is 1.